The Morgan fingerprint density at radius 1 is 0.542 bits per heavy atom. The SMILES string of the molecule is CC(C)Cc1ccc(N(C2=CC=CN(N(c3ccc(CC(C)C)cc3)c3ccc(CC(C)C)cn3)C2)c2ccc(CC(C)C)cn2)cc1. The van der Waals surface area contributed by atoms with E-state index in [1.54, 1.807) is 0 Å². The zero-order valence-corrected chi connectivity index (χ0v) is 30.4. The molecule has 0 bridgehead atoms. The van der Waals surface area contributed by atoms with Crippen LogP contribution in [0.4, 0.5) is 23.0 Å². The van der Waals surface area contributed by atoms with Crippen molar-refractivity contribution in [3.8, 4) is 0 Å². The van der Waals surface area contributed by atoms with Crippen LogP contribution in [0.1, 0.15) is 77.6 Å². The van der Waals surface area contributed by atoms with Gasteiger partial charge in [-0.25, -0.2) is 15.0 Å². The van der Waals surface area contributed by atoms with Crippen molar-refractivity contribution in [2.45, 2.75) is 81.1 Å². The van der Waals surface area contributed by atoms with Gasteiger partial charge in [0.05, 0.1) is 12.2 Å². The molecule has 0 saturated carbocycles. The summed E-state index contributed by atoms with van der Waals surface area (Å²) in [4.78, 5) is 12.3. The van der Waals surface area contributed by atoms with Gasteiger partial charge in [0, 0.05) is 30.0 Å². The summed E-state index contributed by atoms with van der Waals surface area (Å²) >= 11 is 0. The monoisotopic (exact) mass is 641 g/mol. The van der Waals surface area contributed by atoms with Crippen LogP contribution in [0.15, 0.2) is 109 Å². The molecule has 0 amide bonds. The number of benzene rings is 2. The molecule has 2 aromatic heterocycles. The maximum absolute atomic E-state index is 5.02. The standard InChI is InChI=1S/C43H55N5/c1-31(2)24-35-11-17-39(18-12-35)47(42-21-15-37(28-44-42)26-33(5)6)41-10-9-23-46(30-41)48(40-19-13-36(14-20-40)25-32(3)4)43-22-16-38(29-45-43)27-34(7)8/h9-23,28-29,31-34H,24-27,30H2,1-8H3. The summed E-state index contributed by atoms with van der Waals surface area (Å²) in [6.07, 6.45) is 14.7. The fourth-order valence-corrected chi connectivity index (χ4v) is 6.44. The highest BCUT2D eigenvalue weighted by Gasteiger charge is 2.25. The molecular weight excluding hydrogens is 587 g/mol. The second-order valence-electron chi connectivity index (χ2n) is 15.0. The summed E-state index contributed by atoms with van der Waals surface area (Å²) in [5, 5.41) is 4.51. The quantitative estimate of drug-likeness (QED) is 0.137. The lowest BCUT2D eigenvalue weighted by Crippen LogP contribution is -2.40. The maximum atomic E-state index is 5.02. The maximum Gasteiger partial charge on any atom is 0.151 e. The lowest BCUT2D eigenvalue weighted by atomic mass is 10.0. The molecule has 3 heterocycles. The van der Waals surface area contributed by atoms with Gasteiger partial charge in [0.2, 0.25) is 0 Å². The van der Waals surface area contributed by atoms with Gasteiger partial charge in [-0.15, -0.1) is 0 Å². The van der Waals surface area contributed by atoms with Crippen molar-refractivity contribution < 1.29 is 0 Å². The van der Waals surface area contributed by atoms with E-state index in [9.17, 15) is 0 Å². The highest BCUT2D eigenvalue weighted by Crippen LogP contribution is 2.34. The summed E-state index contributed by atoms with van der Waals surface area (Å²) in [5.74, 6) is 4.20. The Morgan fingerprint density at radius 2 is 0.979 bits per heavy atom. The zero-order valence-electron chi connectivity index (χ0n) is 30.4. The minimum absolute atomic E-state index is 0.582. The molecule has 5 rings (SSSR count). The van der Waals surface area contributed by atoms with E-state index >= 15 is 0 Å². The lowest BCUT2D eigenvalue weighted by molar-refractivity contribution is 0.404. The van der Waals surface area contributed by atoms with Crippen LogP contribution >= 0.6 is 0 Å². The molecule has 0 saturated heterocycles. The van der Waals surface area contributed by atoms with Crippen LogP contribution in [0, 0.1) is 23.7 Å². The van der Waals surface area contributed by atoms with E-state index in [4.69, 9.17) is 9.97 Å². The molecule has 252 valence electrons. The summed E-state index contributed by atoms with van der Waals surface area (Å²) < 4.78 is 0. The van der Waals surface area contributed by atoms with Crippen molar-refractivity contribution in [3.63, 3.8) is 0 Å². The number of hydrogen-bond donors (Lipinski definition) is 0. The van der Waals surface area contributed by atoms with Crippen molar-refractivity contribution in [1.82, 2.24) is 15.0 Å². The van der Waals surface area contributed by atoms with Crippen molar-refractivity contribution in [3.05, 3.63) is 131 Å². The lowest BCUT2D eigenvalue weighted by Gasteiger charge is -2.39. The van der Waals surface area contributed by atoms with Gasteiger partial charge in [0.1, 0.15) is 5.82 Å². The summed E-state index contributed by atoms with van der Waals surface area (Å²) in [6.45, 7) is 18.7. The second kappa shape index (κ2) is 16.1. The average molecular weight is 642 g/mol. The molecule has 0 radical (unpaired) electrons. The molecule has 5 heteroatoms. The molecule has 48 heavy (non-hydrogen) atoms. The topological polar surface area (TPSA) is 35.5 Å². The Labute approximate surface area is 290 Å². The molecule has 1 aliphatic rings. The third kappa shape index (κ3) is 9.37. The Kier molecular flexibility index (Phi) is 11.8. The number of hydrazine groups is 1. The molecule has 0 fully saturated rings. The Balaban J connectivity index is 1.51. The molecule has 2 aromatic carbocycles. The van der Waals surface area contributed by atoms with Crippen LogP contribution in [-0.2, 0) is 25.7 Å². The fourth-order valence-electron chi connectivity index (χ4n) is 6.44. The first-order chi connectivity index (χ1) is 23.0. The van der Waals surface area contributed by atoms with E-state index in [-0.39, 0.29) is 0 Å². The fraction of sp³-hybridized carbons (Fsp3) is 0.395. The van der Waals surface area contributed by atoms with E-state index in [0.29, 0.717) is 30.2 Å². The molecule has 0 atom stereocenters. The predicted octanol–water partition coefficient (Wildman–Crippen LogP) is 10.9. The van der Waals surface area contributed by atoms with E-state index < -0.39 is 0 Å². The normalized spacial score (nSPS) is 13.2. The molecule has 1 aliphatic heterocycles. The van der Waals surface area contributed by atoms with E-state index in [2.05, 4.69) is 161 Å². The molecule has 0 aliphatic carbocycles. The summed E-state index contributed by atoms with van der Waals surface area (Å²) in [6, 6.07) is 26.8. The average Bonchev–Trinajstić information content (AvgIpc) is 3.04. The number of rotatable bonds is 14. The molecule has 0 spiro atoms. The van der Waals surface area contributed by atoms with Crippen LogP contribution in [0.25, 0.3) is 0 Å². The molecule has 5 nitrogen and oxygen atoms in total. The number of hydrogen-bond acceptors (Lipinski definition) is 5. The second-order valence-corrected chi connectivity index (χ2v) is 15.0. The number of nitrogens with zero attached hydrogens (tertiary/aromatic N) is 5. The van der Waals surface area contributed by atoms with Crippen LogP contribution in [0.2, 0.25) is 0 Å². The highest BCUT2D eigenvalue weighted by atomic mass is 15.6. The van der Waals surface area contributed by atoms with Crippen molar-refractivity contribution in [2.24, 2.45) is 23.7 Å². The third-order valence-corrected chi connectivity index (χ3v) is 8.43. The van der Waals surface area contributed by atoms with Gasteiger partial charge in [-0.05, 0) is 120 Å². The van der Waals surface area contributed by atoms with Crippen LogP contribution in [0.3, 0.4) is 0 Å². The summed E-state index contributed by atoms with van der Waals surface area (Å²) in [5.41, 5.74) is 8.55. The van der Waals surface area contributed by atoms with Gasteiger partial charge >= 0.3 is 0 Å². The van der Waals surface area contributed by atoms with E-state index in [1.165, 1.54) is 22.3 Å². The van der Waals surface area contributed by atoms with Gasteiger partial charge in [0.25, 0.3) is 0 Å². The van der Waals surface area contributed by atoms with Gasteiger partial charge in [0.15, 0.2) is 5.82 Å². The van der Waals surface area contributed by atoms with Crippen molar-refractivity contribution in [1.29, 1.82) is 0 Å². The van der Waals surface area contributed by atoms with Crippen LogP contribution in [-0.4, -0.2) is 21.5 Å². The Hall–Kier alpha value is -4.38. The summed E-state index contributed by atoms with van der Waals surface area (Å²) in [7, 11) is 0. The van der Waals surface area contributed by atoms with E-state index in [1.807, 2.05) is 12.4 Å². The predicted molar refractivity (Wildman–Crippen MR) is 204 cm³/mol. The molecular formula is C43H55N5. The highest BCUT2D eigenvalue weighted by molar-refractivity contribution is 5.67. The molecule has 0 unspecified atom stereocenters. The first kappa shape index (κ1) is 34.9. The molecule has 0 N–H and O–H groups in total. The number of allylic oxidation sites excluding steroid dienone is 2. The number of aromatic nitrogens is 2. The van der Waals surface area contributed by atoms with E-state index in [0.717, 1.165) is 54.4 Å². The largest absolute Gasteiger partial charge is 0.297 e. The minimum atomic E-state index is 0.582. The third-order valence-electron chi connectivity index (χ3n) is 8.43. The Bertz CT molecular complexity index is 1520. The number of pyridine rings is 2. The Morgan fingerprint density at radius 3 is 1.44 bits per heavy atom. The number of anilines is 4. The van der Waals surface area contributed by atoms with Crippen molar-refractivity contribution in [2.75, 3.05) is 16.5 Å². The van der Waals surface area contributed by atoms with Gasteiger partial charge in [-0.2, -0.15) is 0 Å². The smallest absolute Gasteiger partial charge is 0.151 e. The van der Waals surface area contributed by atoms with Crippen LogP contribution < -0.4 is 9.91 Å². The minimum Gasteiger partial charge on any atom is -0.297 e. The van der Waals surface area contributed by atoms with Gasteiger partial charge in [-0.3, -0.25) is 9.91 Å². The molecule has 4 aromatic rings. The van der Waals surface area contributed by atoms with Gasteiger partial charge < -0.3 is 0 Å². The first-order valence-electron chi connectivity index (χ1n) is 17.9. The van der Waals surface area contributed by atoms with Crippen molar-refractivity contribution >= 4 is 23.0 Å². The zero-order chi connectivity index (χ0) is 34.2. The van der Waals surface area contributed by atoms with Crippen LogP contribution in [0.5, 0.6) is 0 Å². The van der Waals surface area contributed by atoms with Gasteiger partial charge in [-0.1, -0.05) is 91.8 Å². The first-order valence-corrected chi connectivity index (χ1v) is 17.9.